The average molecular weight is 238 g/mol. The van der Waals surface area contributed by atoms with Crippen molar-refractivity contribution in [2.24, 2.45) is 0 Å². The molecule has 0 aliphatic carbocycles. The second-order valence-electron chi connectivity index (χ2n) is 3.96. The van der Waals surface area contributed by atoms with E-state index >= 15 is 0 Å². The maximum Gasteiger partial charge on any atom is 0.267 e. The molecule has 0 fully saturated rings. The molecular weight excluding hydrogens is 216 g/mol. The number of rotatable bonds is 8. The lowest BCUT2D eigenvalue weighted by molar-refractivity contribution is 0.148. The Morgan fingerprint density at radius 2 is 1.73 bits per heavy atom. The minimum absolute atomic E-state index is 0.146. The predicted octanol–water partition coefficient (Wildman–Crippen LogP) is 1.98. The minimum Gasteiger partial charge on any atom is -0.393 e. The van der Waals surface area contributed by atoms with E-state index in [1.54, 1.807) is 0 Å². The van der Waals surface area contributed by atoms with Gasteiger partial charge in [-0.25, -0.2) is 0 Å². The molecule has 0 rings (SSSR count). The zero-order valence-corrected chi connectivity index (χ0v) is 10.3. The van der Waals surface area contributed by atoms with Gasteiger partial charge in [-0.15, -0.1) is 0 Å². The van der Waals surface area contributed by atoms with Crippen LogP contribution < -0.4 is 0 Å². The lowest BCUT2D eigenvalue weighted by atomic mass is 10.1. The summed E-state index contributed by atoms with van der Waals surface area (Å²) in [5.41, 5.74) is 0. The van der Waals surface area contributed by atoms with Crippen LogP contribution in [0.15, 0.2) is 0 Å². The first-order chi connectivity index (χ1) is 6.91. The van der Waals surface area contributed by atoms with E-state index in [0.29, 0.717) is 19.3 Å². The first-order valence-electron chi connectivity index (χ1n) is 5.56. The minimum atomic E-state index is -4.01. The summed E-state index contributed by atoms with van der Waals surface area (Å²) in [6.45, 7) is 3.87. The van der Waals surface area contributed by atoms with Crippen LogP contribution in [-0.4, -0.2) is 29.4 Å². The van der Waals surface area contributed by atoms with Gasteiger partial charge in [-0.05, 0) is 19.3 Å². The van der Waals surface area contributed by atoms with Crippen LogP contribution >= 0.6 is 0 Å². The SMILES string of the molecule is CCCCC(O)CC(CCC)S(=O)(=O)O. The predicted molar refractivity (Wildman–Crippen MR) is 60.4 cm³/mol. The molecule has 0 aliphatic rings. The van der Waals surface area contributed by atoms with Gasteiger partial charge in [-0.3, -0.25) is 4.55 Å². The van der Waals surface area contributed by atoms with Crippen LogP contribution in [0, 0.1) is 0 Å². The second-order valence-corrected chi connectivity index (χ2v) is 5.65. The van der Waals surface area contributed by atoms with Crippen LogP contribution in [0.3, 0.4) is 0 Å². The fraction of sp³-hybridized carbons (Fsp3) is 1.00. The molecule has 0 saturated heterocycles. The highest BCUT2D eigenvalue weighted by molar-refractivity contribution is 7.86. The van der Waals surface area contributed by atoms with Gasteiger partial charge in [-0.1, -0.05) is 33.1 Å². The zero-order valence-electron chi connectivity index (χ0n) is 9.52. The Morgan fingerprint density at radius 1 is 1.13 bits per heavy atom. The van der Waals surface area contributed by atoms with E-state index in [1.807, 2.05) is 13.8 Å². The molecule has 92 valence electrons. The zero-order chi connectivity index (χ0) is 11.9. The van der Waals surface area contributed by atoms with Crippen molar-refractivity contribution in [3.8, 4) is 0 Å². The Labute approximate surface area is 92.4 Å². The van der Waals surface area contributed by atoms with E-state index in [-0.39, 0.29) is 6.42 Å². The molecule has 0 amide bonds. The van der Waals surface area contributed by atoms with E-state index in [2.05, 4.69) is 0 Å². The van der Waals surface area contributed by atoms with Gasteiger partial charge in [0.1, 0.15) is 0 Å². The maximum absolute atomic E-state index is 11.0. The van der Waals surface area contributed by atoms with Gasteiger partial charge in [0.2, 0.25) is 0 Å². The summed E-state index contributed by atoms with van der Waals surface area (Å²) >= 11 is 0. The van der Waals surface area contributed by atoms with Crippen molar-refractivity contribution in [3.05, 3.63) is 0 Å². The molecule has 0 radical (unpaired) electrons. The lowest BCUT2D eigenvalue weighted by Crippen LogP contribution is -2.26. The third-order valence-electron chi connectivity index (χ3n) is 2.46. The molecule has 4 nitrogen and oxygen atoms in total. The smallest absolute Gasteiger partial charge is 0.267 e. The van der Waals surface area contributed by atoms with Gasteiger partial charge < -0.3 is 5.11 Å². The summed E-state index contributed by atoms with van der Waals surface area (Å²) in [6.07, 6.45) is 3.07. The average Bonchev–Trinajstić information content (AvgIpc) is 2.12. The van der Waals surface area contributed by atoms with E-state index in [0.717, 1.165) is 12.8 Å². The maximum atomic E-state index is 11.0. The fourth-order valence-corrected chi connectivity index (χ4v) is 2.57. The highest BCUT2D eigenvalue weighted by atomic mass is 32.2. The fourth-order valence-electron chi connectivity index (χ4n) is 1.57. The third-order valence-corrected chi connectivity index (χ3v) is 3.73. The van der Waals surface area contributed by atoms with Crippen molar-refractivity contribution < 1.29 is 18.1 Å². The van der Waals surface area contributed by atoms with E-state index in [9.17, 15) is 13.5 Å². The molecule has 0 bridgehead atoms. The van der Waals surface area contributed by atoms with Gasteiger partial charge in [0.15, 0.2) is 0 Å². The number of hydrogen-bond donors (Lipinski definition) is 2. The van der Waals surface area contributed by atoms with Gasteiger partial charge in [0, 0.05) is 0 Å². The summed E-state index contributed by atoms with van der Waals surface area (Å²) < 4.78 is 30.9. The van der Waals surface area contributed by atoms with Crippen LogP contribution in [0.5, 0.6) is 0 Å². The van der Waals surface area contributed by atoms with Crippen molar-refractivity contribution in [1.82, 2.24) is 0 Å². The van der Waals surface area contributed by atoms with Gasteiger partial charge in [0.05, 0.1) is 11.4 Å². The van der Waals surface area contributed by atoms with Crippen LogP contribution in [0.25, 0.3) is 0 Å². The van der Waals surface area contributed by atoms with Gasteiger partial charge >= 0.3 is 0 Å². The first-order valence-corrected chi connectivity index (χ1v) is 7.06. The summed E-state index contributed by atoms with van der Waals surface area (Å²) in [4.78, 5) is 0. The van der Waals surface area contributed by atoms with Gasteiger partial charge in [0.25, 0.3) is 10.1 Å². The molecule has 0 aromatic rings. The van der Waals surface area contributed by atoms with Gasteiger partial charge in [-0.2, -0.15) is 8.42 Å². The largest absolute Gasteiger partial charge is 0.393 e. The summed E-state index contributed by atoms with van der Waals surface area (Å²) in [7, 11) is -4.01. The molecule has 0 aliphatic heterocycles. The molecule has 15 heavy (non-hydrogen) atoms. The molecule has 0 spiro atoms. The molecule has 5 heteroatoms. The molecule has 2 N–H and O–H groups in total. The van der Waals surface area contributed by atoms with Crippen molar-refractivity contribution >= 4 is 10.1 Å². The van der Waals surface area contributed by atoms with E-state index < -0.39 is 21.5 Å². The van der Waals surface area contributed by atoms with Crippen molar-refractivity contribution in [2.75, 3.05) is 0 Å². The Kier molecular flexibility index (Phi) is 7.13. The number of unbranched alkanes of at least 4 members (excludes halogenated alkanes) is 1. The highest BCUT2D eigenvalue weighted by Crippen LogP contribution is 2.16. The summed E-state index contributed by atoms with van der Waals surface area (Å²) in [5, 5.41) is 8.75. The molecular formula is C10H22O4S. The van der Waals surface area contributed by atoms with E-state index in [1.165, 1.54) is 0 Å². The van der Waals surface area contributed by atoms with Crippen LogP contribution in [-0.2, 0) is 10.1 Å². The Hall–Kier alpha value is -0.130. The molecule has 0 saturated carbocycles. The van der Waals surface area contributed by atoms with Crippen molar-refractivity contribution in [3.63, 3.8) is 0 Å². The third kappa shape index (κ3) is 6.87. The van der Waals surface area contributed by atoms with Crippen molar-refractivity contribution in [2.45, 2.75) is 63.7 Å². The topological polar surface area (TPSA) is 74.6 Å². The first kappa shape index (κ1) is 14.9. The lowest BCUT2D eigenvalue weighted by Gasteiger charge is -2.16. The summed E-state index contributed by atoms with van der Waals surface area (Å²) in [5.74, 6) is 0. The van der Waals surface area contributed by atoms with Crippen LogP contribution in [0.4, 0.5) is 0 Å². The highest BCUT2D eigenvalue weighted by Gasteiger charge is 2.24. The normalized spacial score (nSPS) is 16.3. The summed E-state index contributed by atoms with van der Waals surface area (Å²) in [6, 6.07) is 0. The number of aliphatic hydroxyl groups is 1. The molecule has 2 unspecified atom stereocenters. The monoisotopic (exact) mass is 238 g/mol. The number of aliphatic hydroxyl groups excluding tert-OH is 1. The Balaban J connectivity index is 4.17. The molecule has 0 aromatic heterocycles. The van der Waals surface area contributed by atoms with E-state index in [4.69, 9.17) is 4.55 Å². The second kappa shape index (κ2) is 7.19. The molecule has 0 aromatic carbocycles. The Bertz CT molecular complexity index is 248. The standard InChI is InChI=1S/C10H22O4S/c1-3-5-7-9(11)8-10(6-4-2)15(12,13)14/h9-11H,3-8H2,1-2H3,(H,12,13,14). The Morgan fingerprint density at radius 3 is 2.13 bits per heavy atom. The molecule has 2 atom stereocenters. The molecule has 0 heterocycles. The van der Waals surface area contributed by atoms with Crippen LogP contribution in [0.1, 0.15) is 52.4 Å². The number of hydrogen-bond acceptors (Lipinski definition) is 3. The van der Waals surface area contributed by atoms with Crippen molar-refractivity contribution in [1.29, 1.82) is 0 Å². The van der Waals surface area contributed by atoms with Crippen LogP contribution in [0.2, 0.25) is 0 Å². The quantitative estimate of drug-likeness (QED) is 0.634.